The summed E-state index contributed by atoms with van der Waals surface area (Å²) in [5, 5.41) is 9.62. The molecule has 1 fully saturated rings. The van der Waals surface area contributed by atoms with Gasteiger partial charge in [-0.25, -0.2) is 8.42 Å². The van der Waals surface area contributed by atoms with Crippen LogP contribution in [0.4, 0.5) is 0 Å². The minimum absolute atomic E-state index is 0.332. The number of sulfonamides is 1. The lowest BCUT2D eigenvalue weighted by Gasteiger charge is -2.26. The number of rotatable bonds is 4. The van der Waals surface area contributed by atoms with Gasteiger partial charge in [-0.05, 0) is 36.3 Å². The van der Waals surface area contributed by atoms with Crippen LogP contribution in [0.3, 0.4) is 0 Å². The number of carbonyl (C=O) groups is 1. The second-order valence-corrected chi connectivity index (χ2v) is 7.29. The van der Waals surface area contributed by atoms with Crippen molar-refractivity contribution < 1.29 is 30.3 Å². The molecular weight excluding hydrogens is 413 g/mol. The van der Waals surface area contributed by atoms with Crippen LogP contribution in [0.25, 0.3) is 0 Å². The average Bonchev–Trinajstić information content (AvgIpc) is 2.77. The maximum absolute atomic E-state index is 13.6. The summed E-state index contributed by atoms with van der Waals surface area (Å²) in [4.78, 5) is 11.1. The third-order valence-electron chi connectivity index (χ3n) is 3.01. The van der Waals surface area contributed by atoms with Crippen LogP contribution in [-0.2, 0) is 14.8 Å². The normalized spacial score (nSPS) is 25.5. The van der Waals surface area contributed by atoms with Gasteiger partial charge in [0.25, 0.3) is 0 Å². The van der Waals surface area contributed by atoms with Gasteiger partial charge < -0.3 is 10.1 Å². The summed E-state index contributed by atoms with van der Waals surface area (Å²) in [5.41, 5.74) is -0.332. The van der Waals surface area contributed by atoms with E-state index in [1.807, 2.05) is 0 Å². The highest BCUT2D eigenvalue weighted by molar-refractivity contribution is 7.89. The van der Waals surface area contributed by atoms with E-state index < -0.39 is 84.3 Å². The van der Waals surface area contributed by atoms with Crippen molar-refractivity contribution in [1.29, 1.82) is 5.26 Å². The number of halogens is 2. The zero-order chi connectivity index (χ0) is 27.6. The van der Waals surface area contributed by atoms with Gasteiger partial charge in [-0.1, -0.05) is 23.2 Å². The quantitative estimate of drug-likeness (QED) is 0.796. The van der Waals surface area contributed by atoms with Crippen molar-refractivity contribution in [2.45, 2.75) is 4.90 Å². The van der Waals surface area contributed by atoms with Gasteiger partial charge in [0.1, 0.15) is 16.4 Å². The molecule has 1 aliphatic rings. The molecule has 1 saturated heterocycles. The molecule has 0 unspecified atom stereocenters. The van der Waals surface area contributed by atoms with E-state index in [4.69, 9.17) is 40.3 Å². The summed E-state index contributed by atoms with van der Waals surface area (Å²) in [7, 11) is -5.54. The number of carbonyl (C=O) groups excluding carboxylic acids is 1. The summed E-state index contributed by atoms with van der Waals surface area (Å²) in [5.74, 6) is -3.28. The van der Waals surface area contributed by atoms with Gasteiger partial charge in [-0.15, -0.1) is 0 Å². The maximum Gasteiger partial charge on any atom is 0.247 e. The number of nitriles is 1. The van der Waals surface area contributed by atoms with Gasteiger partial charge in [-0.2, -0.15) is 9.57 Å². The first-order valence-electron chi connectivity index (χ1n) is 11.4. The second kappa shape index (κ2) is 7.74. The van der Waals surface area contributed by atoms with Crippen LogP contribution < -0.4 is 10.1 Å². The van der Waals surface area contributed by atoms with Crippen LogP contribution in [-0.4, -0.2) is 38.1 Å². The zero-order valence-electron chi connectivity index (χ0n) is 21.9. The highest BCUT2D eigenvalue weighted by atomic mass is 35.5. The Balaban J connectivity index is 2.32. The molecule has 2 aromatic carbocycles. The molecule has 0 aliphatic carbocycles. The fraction of sp³-hybridized carbons (Fsp3) is 0.176. The van der Waals surface area contributed by atoms with Crippen molar-refractivity contribution in [1.82, 2.24) is 9.62 Å². The molecule has 0 saturated carbocycles. The van der Waals surface area contributed by atoms with E-state index in [0.717, 1.165) is 12.1 Å². The molecule has 0 spiro atoms. The van der Waals surface area contributed by atoms with E-state index in [2.05, 4.69) is 0 Å². The number of benzene rings is 2. The van der Waals surface area contributed by atoms with Crippen molar-refractivity contribution in [2.75, 3.05) is 19.5 Å². The Labute approximate surface area is 178 Å². The number of hydrogen-bond acceptors (Lipinski definition) is 5. The van der Waals surface area contributed by atoms with Crippen LogP contribution in [0.5, 0.6) is 11.5 Å². The van der Waals surface area contributed by atoms with Gasteiger partial charge in [0.05, 0.1) is 27.7 Å². The number of nitrogens with zero attached hydrogens (tertiary/aromatic N) is 2. The number of hydrogen-bond donors (Lipinski definition) is 1. The molecule has 2 aromatic rings. The predicted molar refractivity (Wildman–Crippen MR) is 99.5 cm³/mol. The topological polar surface area (TPSA) is 99.5 Å². The van der Waals surface area contributed by atoms with E-state index in [-0.39, 0.29) is 5.56 Å². The molecule has 27 heavy (non-hydrogen) atoms. The maximum atomic E-state index is 13.6. The van der Waals surface area contributed by atoms with Crippen LogP contribution in [0.1, 0.15) is 17.9 Å². The Morgan fingerprint density at radius 2 is 2.00 bits per heavy atom. The summed E-state index contributed by atoms with van der Waals surface area (Å²) >= 11 is 11.7. The smallest absolute Gasteiger partial charge is 0.247 e. The molecule has 1 aliphatic heterocycles. The first kappa shape index (κ1) is 10.9. The highest BCUT2D eigenvalue weighted by Gasteiger charge is 2.32. The summed E-state index contributed by atoms with van der Waals surface area (Å²) in [6, 6.07) is 2.17. The molecule has 1 heterocycles. The third kappa shape index (κ3) is 4.34. The van der Waals surface area contributed by atoms with Crippen LogP contribution in [0.2, 0.25) is 10.0 Å². The molecular formula is C17H13Cl2N3O4S. The average molecular weight is 435 g/mol. The molecule has 0 aromatic heterocycles. The fourth-order valence-electron chi connectivity index (χ4n) is 1.92. The summed E-state index contributed by atoms with van der Waals surface area (Å²) in [6.45, 7) is -10.7. The number of amides is 1. The van der Waals surface area contributed by atoms with Gasteiger partial charge in [0.15, 0.2) is 0 Å². The fourth-order valence-corrected chi connectivity index (χ4v) is 3.53. The van der Waals surface area contributed by atoms with Crippen molar-refractivity contribution in [3.8, 4) is 17.6 Å². The van der Waals surface area contributed by atoms with Gasteiger partial charge in [-0.3, -0.25) is 4.79 Å². The molecule has 7 nitrogen and oxygen atoms in total. The highest BCUT2D eigenvalue weighted by Crippen LogP contribution is 2.34. The van der Waals surface area contributed by atoms with Crippen LogP contribution >= 0.6 is 23.2 Å². The van der Waals surface area contributed by atoms with E-state index in [9.17, 15) is 18.5 Å². The largest absolute Gasteiger partial charge is 0.456 e. The van der Waals surface area contributed by atoms with E-state index in [1.165, 1.54) is 5.32 Å². The van der Waals surface area contributed by atoms with Gasteiger partial charge >= 0.3 is 0 Å². The Kier molecular flexibility index (Phi) is 3.12. The lowest BCUT2D eigenvalue weighted by atomic mass is 10.2. The Bertz CT molecular complexity index is 1420. The molecule has 1 amide bonds. The molecule has 10 heteroatoms. The first-order chi connectivity index (χ1) is 16.3. The van der Waals surface area contributed by atoms with Crippen LogP contribution in [0, 0.1) is 11.3 Å². The Morgan fingerprint density at radius 3 is 2.67 bits per heavy atom. The number of ether oxygens (including phenoxy) is 1. The van der Waals surface area contributed by atoms with E-state index >= 15 is 0 Å². The van der Waals surface area contributed by atoms with Crippen molar-refractivity contribution in [3.63, 3.8) is 0 Å². The Morgan fingerprint density at radius 1 is 1.30 bits per heavy atom. The minimum Gasteiger partial charge on any atom is -0.456 e. The van der Waals surface area contributed by atoms with Crippen LogP contribution in [0.15, 0.2) is 41.2 Å². The molecule has 140 valence electrons. The molecule has 0 radical (unpaired) electrons. The Hall–Kier alpha value is -2.31. The SMILES string of the molecule is [2H]c1c(Cl)c([2H])c(Oc2ccc(C#N)cc2S(=O)(=O)N2C([2H])([2H])C(=O)NC([2H])([2H])C2([2H])[2H])c([2H])c1Cl. The van der Waals surface area contributed by atoms with E-state index in [1.54, 1.807) is 6.07 Å². The van der Waals surface area contributed by atoms with Gasteiger partial charge in [0, 0.05) is 25.8 Å². The number of piperazine rings is 1. The van der Waals surface area contributed by atoms with Crippen molar-refractivity contribution in [3.05, 3.63) is 51.9 Å². The summed E-state index contributed by atoms with van der Waals surface area (Å²) < 4.78 is 103. The van der Waals surface area contributed by atoms with Crippen molar-refractivity contribution in [2.24, 2.45) is 0 Å². The summed E-state index contributed by atoms with van der Waals surface area (Å²) in [6.07, 6.45) is 0. The number of nitrogens with one attached hydrogen (secondary N) is 1. The van der Waals surface area contributed by atoms with Crippen molar-refractivity contribution >= 4 is 39.1 Å². The molecule has 0 atom stereocenters. The standard InChI is InChI=1S/C17H13Cl2N3O4S/c18-12-6-13(19)8-14(7-12)26-15-2-1-11(9-20)5-16(15)27(24,25)22-4-3-21-17(23)10-22/h1-2,5-8H,3-4,10H2,(H,21,23)/i3D2,4D2,6D,7D,8D,10D2. The second-order valence-electron chi connectivity index (χ2n) is 4.78. The predicted octanol–water partition coefficient (Wildman–Crippen LogP) is 2.78. The zero-order valence-corrected chi connectivity index (χ0v) is 15.3. The molecule has 3 rings (SSSR count). The lowest BCUT2D eigenvalue weighted by Crippen LogP contribution is -2.49. The molecule has 1 N–H and O–H groups in total. The monoisotopic (exact) mass is 434 g/mol. The van der Waals surface area contributed by atoms with Gasteiger partial charge in [0.2, 0.25) is 15.9 Å². The first-order valence-corrected chi connectivity index (χ1v) is 9.07. The lowest BCUT2D eigenvalue weighted by molar-refractivity contribution is -0.122. The minimum atomic E-state index is -5.54. The third-order valence-corrected chi connectivity index (χ3v) is 4.92. The molecule has 0 bridgehead atoms. The van der Waals surface area contributed by atoms with E-state index in [0.29, 0.717) is 6.07 Å².